The predicted octanol–water partition coefficient (Wildman–Crippen LogP) is 3.36. The zero-order valence-corrected chi connectivity index (χ0v) is 7.40. The molecule has 0 unspecified atom stereocenters. The van der Waals surface area contributed by atoms with Gasteiger partial charge in [-0.2, -0.15) is 17.6 Å². The molecule has 0 aromatic heterocycles. The van der Waals surface area contributed by atoms with E-state index >= 15 is 0 Å². The van der Waals surface area contributed by atoms with E-state index in [9.17, 15) is 17.6 Å². The third-order valence-corrected chi connectivity index (χ3v) is 2.50. The molecule has 0 heterocycles. The molecule has 0 atom stereocenters. The molecule has 0 saturated heterocycles. The minimum Gasteiger partial charge on any atom is -0.199 e. The summed E-state index contributed by atoms with van der Waals surface area (Å²) < 4.78 is 50.4. The highest BCUT2D eigenvalue weighted by atomic mass is 19.3. The molecule has 1 aromatic rings. The summed E-state index contributed by atoms with van der Waals surface area (Å²) >= 11 is 0. The fourth-order valence-electron chi connectivity index (χ4n) is 1.52. The van der Waals surface area contributed by atoms with Gasteiger partial charge in [-0.15, -0.1) is 0 Å². The highest BCUT2D eigenvalue weighted by molar-refractivity contribution is 5.38. The van der Waals surface area contributed by atoms with Crippen LogP contribution in [0.2, 0.25) is 0 Å². The van der Waals surface area contributed by atoms with E-state index in [2.05, 4.69) is 0 Å². The van der Waals surface area contributed by atoms with Crippen LogP contribution < -0.4 is 0 Å². The van der Waals surface area contributed by atoms with Gasteiger partial charge in [-0.1, -0.05) is 29.8 Å². The Balaban J connectivity index is 2.32. The van der Waals surface area contributed by atoms with Crippen molar-refractivity contribution in [1.29, 1.82) is 0 Å². The summed E-state index contributed by atoms with van der Waals surface area (Å²) in [5, 5.41) is 0. The van der Waals surface area contributed by atoms with Gasteiger partial charge in [0.1, 0.15) is 5.92 Å². The van der Waals surface area contributed by atoms with Crippen LogP contribution in [0.1, 0.15) is 17.0 Å². The number of hydrogen-bond acceptors (Lipinski definition) is 0. The van der Waals surface area contributed by atoms with Crippen LogP contribution in [0, 0.1) is 6.92 Å². The van der Waals surface area contributed by atoms with Gasteiger partial charge < -0.3 is 0 Å². The maximum absolute atomic E-state index is 12.6. The van der Waals surface area contributed by atoms with Crippen LogP contribution in [0.3, 0.4) is 0 Å². The lowest BCUT2D eigenvalue weighted by molar-refractivity contribution is -0.0278. The summed E-state index contributed by atoms with van der Waals surface area (Å²) in [6.45, 7) is 1.77. The van der Waals surface area contributed by atoms with Gasteiger partial charge in [0, 0.05) is 0 Å². The lowest BCUT2D eigenvalue weighted by Crippen LogP contribution is -2.02. The molecule has 0 nitrogen and oxygen atoms in total. The standard InChI is InChI=1S/C10H8F4/c1-6-2-4-7(5-3-6)8-9(11,12)10(8,13)14/h2-5,8H,1H3. The molecule has 1 aromatic carbocycles. The molecule has 14 heavy (non-hydrogen) atoms. The first-order valence-corrected chi connectivity index (χ1v) is 4.19. The summed E-state index contributed by atoms with van der Waals surface area (Å²) in [6.07, 6.45) is 0. The lowest BCUT2D eigenvalue weighted by Gasteiger charge is -1.97. The van der Waals surface area contributed by atoms with E-state index in [1.165, 1.54) is 12.1 Å². The zero-order chi connectivity index (χ0) is 10.6. The molecule has 76 valence electrons. The molecule has 0 spiro atoms. The average molecular weight is 204 g/mol. The Morgan fingerprint density at radius 1 is 0.929 bits per heavy atom. The quantitative estimate of drug-likeness (QED) is 0.615. The minimum atomic E-state index is -3.87. The highest BCUT2D eigenvalue weighted by Gasteiger charge is 2.85. The van der Waals surface area contributed by atoms with Crippen molar-refractivity contribution in [3.63, 3.8) is 0 Å². The van der Waals surface area contributed by atoms with Crippen molar-refractivity contribution in [3.8, 4) is 0 Å². The first-order chi connectivity index (χ1) is 6.37. The maximum Gasteiger partial charge on any atom is 0.323 e. The second-order valence-electron chi connectivity index (χ2n) is 3.59. The van der Waals surface area contributed by atoms with Gasteiger partial charge in [0.2, 0.25) is 0 Å². The molecule has 0 amide bonds. The fourth-order valence-corrected chi connectivity index (χ4v) is 1.52. The summed E-state index contributed by atoms with van der Waals surface area (Å²) in [5.41, 5.74) is 0.867. The van der Waals surface area contributed by atoms with Gasteiger partial charge in [0.05, 0.1) is 0 Å². The largest absolute Gasteiger partial charge is 0.323 e. The highest BCUT2D eigenvalue weighted by Crippen LogP contribution is 2.67. The molecule has 1 fully saturated rings. The first kappa shape index (κ1) is 9.49. The second kappa shape index (κ2) is 2.49. The number of aryl methyl sites for hydroxylation is 1. The molecular weight excluding hydrogens is 196 g/mol. The molecule has 0 aliphatic heterocycles. The Morgan fingerprint density at radius 3 is 1.71 bits per heavy atom. The van der Waals surface area contributed by atoms with Crippen molar-refractivity contribution in [2.24, 2.45) is 0 Å². The Bertz CT molecular complexity index is 339. The van der Waals surface area contributed by atoms with Gasteiger partial charge in [0.25, 0.3) is 0 Å². The van der Waals surface area contributed by atoms with Crippen LogP contribution in [-0.4, -0.2) is 11.8 Å². The van der Waals surface area contributed by atoms with Crippen LogP contribution in [0.4, 0.5) is 17.6 Å². The van der Waals surface area contributed by atoms with Gasteiger partial charge in [-0.3, -0.25) is 0 Å². The molecule has 1 aliphatic rings. The summed E-state index contributed by atoms with van der Waals surface area (Å²) in [4.78, 5) is 0. The number of alkyl halides is 4. The van der Waals surface area contributed by atoms with Crippen LogP contribution in [0.15, 0.2) is 24.3 Å². The molecule has 2 rings (SSSR count). The van der Waals surface area contributed by atoms with Crippen molar-refractivity contribution in [3.05, 3.63) is 35.4 Å². The van der Waals surface area contributed by atoms with E-state index in [-0.39, 0.29) is 5.56 Å². The molecular formula is C10H8F4. The Kier molecular flexibility index (Phi) is 1.69. The average Bonchev–Trinajstić information content (AvgIpc) is 2.46. The summed E-state index contributed by atoms with van der Waals surface area (Å²) in [6, 6.07) is 5.77. The van der Waals surface area contributed by atoms with Gasteiger partial charge in [0.15, 0.2) is 0 Å². The van der Waals surface area contributed by atoms with Crippen LogP contribution in [0.5, 0.6) is 0 Å². The molecule has 1 aliphatic carbocycles. The normalized spacial score (nSPS) is 23.5. The number of halogens is 4. The SMILES string of the molecule is Cc1ccc(C2C(F)(F)C2(F)F)cc1. The van der Waals surface area contributed by atoms with E-state index in [1.807, 2.05) is 0 Å². The summed E-state index contributed by atoms with van der Waals surface area (Å²) in [5.74, 6) is -9.68. The van der Waals surface area contributed by atoms with Crippen molar-refractivity contribution in [1.82, 2.24) is 0 Å². The third kappa shape index (κ3) is 1.06. The van der Waals surface area contributed by atoms with Crippen molar-refractivity contribution < 1.29 is 17.6 Å². The van der Waals surface area contributed by atoms with Gasteiger partial charge in [-0.05, 0) is 12.5 Å². The smallest absolute Gasteiger partial charge is 0.199 e. The van der Waals surface area contributed by atoms with Crippen molar-refractivity contribution >= 4 is 0 Å². The number of hydrogen-bond donors (Lipinski definition) is 0. The topological polar surface area (TPSA) is 0 Å². The zero-order valence-electron chi connectivity index (χ0n) is 7.40. The lowest BCUT2D eigenvalue weighted by atomic mass is 10.1. The third-order valence-electron chi connectivity index (χ3n) is 2.50. The Labute approximate surface area is 78.5 Å². The van der Waals surface area contributed by atoms with Crippen molar-refractivity contribution in [2.75, 3.05) is 0 Å². The van der Waals surface area contributed by atoms with E-state index in [0.29, 0.717) is 0 Å². The molecule has 0 radical (unpaired) electrons. The van der Waals surface area contributed by atoms with Crippen LogP contribution in [0.25, 0.3) is 0 Å². The molecule has 0 N–H and O–H groups in total. The fraction of sp³-hybridized carbons (Fsp3) is 0.400. The maximum atomic E-state index is 12.6. The van der Waals surface area contributed by atoms with Crippen LogP contribution in [-0.2, 0) is 0 Å². The summed E-state index contributed by atoms with van der Waals surface area (Å²) in [7, 11) is 0. The van der Waals surface area contributed by atoms with Crippen LogP contribution >= 0.6 is 0 Å². The molecule has 0 bridgehead atoms. The Hall–Kier alpha value is -1.06. The van der Waals surface area contributed by atoms with Gasteiger partial charge >= 0.3 is 11.8 Å². The predicted molar refractivity (Wildman–Crippen MR) is 43.8 cm³/mol. The monoisotopic (exact) mass is 204 g/mol. The number of benzene rings is 1. The Morgan fingerprint density at radius 2 is 1.36 bits per heavy atom. The number of rotatable bonds is 1. The van der Waals surface area contributed by atoms with Gasteiger partial charge in [-0.25, -0.2) is 0 Å². The minimum absolute atomic E-state index is 0.00519. The van der Waals surface area contributed by atoms with E-state index < -0.39 is 17.8 Å². The molecule has 1 saturated carbocycles. The van der Waals surface area contributed by atoms with E-state index in [1.54, 1.807) is 19.1 Å². The van der Waals surface area contributed by atoms with E-state index in [4.69, 9.17) is 0 Å². The first-order valence-electron chi connectivity index (χ1n) is 4.19. The second-order valence-corrected chi connectivity index (χ2v) is 3.59. The van der Waals surface area contributed by atoms with Crippen molar-refractivity contribution in [2.45, 2.75) is 24.7 Å². The molecule has 4 heteroatoms. The van der Waals surface area contributed by atoms with E-state index in [0.717, 1.165) is 5.56 Å².